The number of rotatable bonds is 34. The van der Waals surface area contributed by atoms with Crippen LogP contribution in [0.25, 0.3) is 6.08 Å². The zero-order chi connectivity index (χ0) is 62.2. The topological polar surface area (TPSA) is 229 Å². The average Bonchev–Trinajstić information content (AvgIpc) is 3.53. The SMILES string of the molecule is CCC(C)C(NCCOc1ccccc1/C=C/CNC(=O)CNC)C(=O)N(C)C(C=O)C(C)O.CCC(C)C(NCCOc1ccccc1CCCNC=O)C(=O)N(C)C(C=O)COC.CCNC.Cc1ccccc1.Cc1ccccc1. The molecule has 0 aliphatic carbocycles. The van der Waals surface area contributed by atoms with Gasteiger partial charge in [-0.2, -0.15) is 0 Å². The van der Waals surface area contributed by atoms with Gasteiger partial charge < -0.3 is 70.6 Å². The second-order valence-corrected chi connectivity index (χ2v) is 19.8. The molecular weight excluding hydrogens is 1050 g/mol. The van der Waals surface area contributed by atoms with Crippen LogP contribution >= 0.6 is 0 Å². The van der Waals surface area contributed by atoms with Crippen molar-refractivity contribution < 1.29 is 48.1 Å². The van der Waals surface area contributed by atoms with E-state index in [9.17, 15) is 33.9 Å². The molecule has 0 aliphatic rings. The number of aliphatic hydroxyl groups is 1. The quantitative estimate of drug-likeness (QED) is 0.0197. The van der Waals surface area contributed by atoms with Crippen molar-refractivity contribution in [2.24, 2.45) is 11.8 Å². The second-order valence-electron chi connectivity index (χ2n) is 19.8. The molecule has 7 atom stereocenters. The molecule has 0 aliphatic heterocycles. The van der Waals surface area contributed by atoms with Gasteiger partial charge in [0.15, 0.2) is 0 Å². The Kier molecular flexibility index (Phi) is 44.7. The summed E-state index contributed by atoms with van der Waals surface area (Å²) in [7, 11) is 8.32. The van der Waals surface area contributed by atoms with Crippen LogP contribution in [-0.4, -0.2) is 176 Å². The molecule has 0 radical (unpaired) electrons. The van der Waals surface area contributed by atoms with Crippen LogP contribution in [0.4, 0.5) is 0 Å². The Bertz CT molecular complexity index is 2310. The minimum absolute atomic E-state index is 0.0320. The Morgan fingerprint density at radius 3 is 1.59 bits per heavy atom. The number of para-hydroxylation sites is 2. The number of likely N-dealkylation sites (N-methyl/N-ethyl adjacent to an activating group) is 3. The van der Waals surface area contributed by atoms with E-state index in [2.05, 4.69) is 76.9 Å². The summed E-state index contributed by atoms with van der Waals surface area (Å²) < 4.78 is 16.9. The number of methoxy groups -OCH3 is 1. The Hall–Kier alpha value is -6.80. The third-order valence-electron chi connectivity index (χ3n) is 13.2. The molecule has 18 heteroatoms. The van der Waals surface area contributed by atoms with Crippen molar-refractivity contribution in [1.82, 2.24) is 41.7 Å². The van der Waals surface area contributed by atoms with Crippen molar-refractivity contribution in [3.05, 3.63) is 138 Å². The number of aldehydes is 2. The molecule has 0 saturated heterocycles. The van der Waals surface area contributed by atoms with Crippen LogP contribution in [0.1, 0.15) is 83.1 Å². The number of amides is 4. The number of carbonyl (C=O) groups is 6. The van der Waals surface area contributed by atoms with E-state index in [1.807, 2.05) is 132 Å². The number of nitrogens with one attached hydrogen (secondary N) is 6. The molecule has 4 amide bonds. The molecule has 7 N–H and O–H groups in total. The van der Waals surface area contributed by atoms with Gasteiger partial charge in [0.25, 0.3) is 0 Å². The summed E-state index contributed by atoms with van der Waals surface area (Å²) in [4.78, 5) is 73.3. The van der Waals surface area contributed by atoms with E-state index in [0.29, 0.717) is 57.8 Å². The summed E-state index contributed by atoms with van der Waals surface area (Å²) in [6.45, 7) is 19.9. The normalized spacial score (nSPS) is 13.0. The number of aryl methyl sites for hydroxylation is 3. The average molecular weight is 1160 g/mol. The third kappa shape index (κ3) is 33.8. The zero-order valence-electron chi connectivity index (χ0n) is 52.0. The number of carbonyl (C=O) groups excluding carboxylic acids is 6. The Balaban J connectivity index is 0.00000124. The van der Waals surface area contributed by atoms with Crippen LogP contribution in [0, 0.1) is 25.7 Å². The molecule has 83 heavy (non-hydrogen) atoms. The monoisotopic (exact) mass is 1150 g/mol. The second kappa shape index (κ2) is 48.7. The first-order valence-corrected chi connectivity index (χ1v) is 28.9. The van der Waals surface area contributed by atoms with Crippen LogP contribution in [0.15, 0.2) is 115 Å². The third-order valence-corrected chi connectivity index (χ3v) is 13.2. The first kappa shape index (κ1) is 76.2. The van der Waals surface area contributed by atoms with E-state index in [1.54, 1.807) is 14.1 Å². The van der Waals surface area contributed by atoms with Gasteiger partial charge >= 0.3 is 0 Å². The number of hydrogen-bond acceptors (Lipinski definition) is 14. The van der Waals surface area contributed by atoms with E-state index < -0.39 is 30.3 Å². The predicted molar refractivity (Wildman–Crippen MR) is 335 cm³/mol. The van der Waals surface area contributed by atoms with Crippen LogP contribution in [-0.2, 0) is 39.9 Å². The zero-order valence-corrected chi connectivity index (χ0v) is 52.0. The summed E-state index contributed by atoms with van der Waals surface area (Å²) in [6, 6.07) is 33.5. The number of hydrogen-bond donors (Lipinski definition) is 7. The highest BCUT2D eigenvalue weighted by Crippen LogP contribution is 2.21. The molecule has 0 spiro atoms. The Morgan fingerprint density at radius 2 is 1.14 bits per heavy atom. The van der Waals surface area contributed by atoms with Gasteiger partial charge in [-0.15, -0.1) is 0 Å². The van der Waals surface area contributed by atoms with Gasteiger partial charge in [-0.1, -0.05) is 168 Å². The van der Waals surface area contributed by atoms with Gasteiger partial charge in [0.1, 0.15) is 49.4 Å². The van der Waals surface area contributed by atoms with Crippen molar-refractivity contribution >= 4 is 42.8 Å². The lowest BCUT2D eigenvalue weighted by molar-refractivity contribution is -0.140. The largest absolute Gasteiger partial charge is 0.492 e. The van der Waals surface area contributed by atoms with E-state index in [-0.39, 0.29) is 42.7 Å². The number of nitrogens with zero attached hydrogens (tertiary/aromatic N) is 2. The van der Waals surface area contributed by atoms with Crippen molar-refractivity contribution in [2.45, 2.75) is 111 Å². The summed E-state index contributed by atoms with van der Waals surface area (Å²) in [6.07, 6.45) is 8.05. The van der Waals surface area contributed by atoms with Crippen LogP contribution in [0.5, 0.6) is 11.5 Å². The molecule has 7 unspecified atom stereocenters. The Morgan fingerprint density at radius 1 is 0.651 bits per heavy atom. The molecule has 4 aromatic carbocycles. The van der Waals surface area contributed by atoms with Gasteiger partial charge in [-0.05, 0) is 83.8 Å². The van der Waals surface area contributed by atoms with Crippen LogP contribution in [0.2, 0.25) is 0 Å². The summed E-state index contributed by atoms with van der Waals surface area (Å²) in [5.74, 6) is 1.18. The lowest BCUT2D eigenvalue weighted by Crippen LogP contribution is -2.54. The molecule has 18 nitrogen and oxygen atoms in total. The number of aliphatic hydroxyl groups excluding tert-OH is 1. The minimum atomic E-state index is -0.950. The lowest BCUT2D eigenvalue weighted by atomic mass is 9.97. The molecule has 0 saturated carbocycles. The molecule has 4 rings (SSSR count). The Labute approximate surface area is 497 Å². The number of ether oxygens (including phenoxy) is 3. The molecule has 4 aromatic rings. The molecule has 0 aromatic heterocycles. The summed E-state index contributed by atoms with van der Waals surface area (Å²) in [5.41, 5.74) is 4.60. The minimum Gasteiger partial charge on any atom is -0.492 e. The van der Waals surface area contributed by atoms with Gasteiger partial charge in [-0.25, -0.2) is 0 Å². The molecule has 0 fully saturated rings. The highest BCUT2D eigenvalue weighted by molar-refractivity contribution is 5.85. The smallest absolute Gasteiger partial charge is 0.240 e. The van der Waals surface area contributed by atoms with Crippen LogP contribution < -0.4 is 41.4 Å². The van der Waals surface area contributed by atoms with E-state index in [4.69, 9.17) is 14.2 Å². The van der Waals surface area contributed by atoms with Crippen molar-refractivity contribution in [2.75, 3.05) is 94.4 Å². The standard InChI is InChI=1S/C25H40N4O5.C23H37N3O5.2C7H8.C3H9N/c1-6-18(2)24(25(33)29(5)21(17-30)19(3)31)28-14-15-34-22-12-8-7-10-20(22)11-9-13-27-23(32)16-26-4;1-5-18(2)22(23(29)26(3)20(15-27)16-30-4)25-13-14-31-21-11-7-6-9-19(21)10-8-12-24-17-28;2*1-7-5-3-2-4-6-7;1-3-4-2/h7-12,17-19,21,24,26,28,31H,6,13-16H2,1-5H3,(H,27,32);6-7,9,11,15,17-18,20,22,25H,5,8,10,12-14,16H2,1-4H3,(H,24,28);2*2-6H,1H3;4H,3H2,1-2H3/b11-9+;;;;. The fourth-order valence-electron chi connectivity index (χ4n) is 7.67. The first-order chi connectivity index (χ1) is 40.0. The maximum Gasteiger partial charge on any atom is 0.240 e. The number of benzene rings is 4. The fourth-order valence-corrected chi connectivity index (χ4v) is 7.67. The van der Waals surface area contributed by atoms with Gasteiger partial charge in [-0.3, -0.25) is 19.2 Å². The van der Waals surface area contributed by atoms with Crippen molar-refractivity contribution in [3.8, 4) is 11.5 Å². The van der Waals surface area contributed by atoms with E-state index >= 15 is 0 Å². The highest BCUT2D eigenvalue weighted by Gasteiger charge is 2.32. The van der Waals surface area contributed by atoms with Crippen LogP contribution in [0.3, 0.4) is 0 Å². The fraction of sp³-hybridized carbons (Fsp3) is 0.508. The van der Waals surface area contributed by atoms with E-state index in [1.165, 1.54) is 42.0 Å². The molecular formula is C65H102N8O10. The summed E-state index contributed by atoms with van der Waals surface area (Å²) in [5, 5.41) is 27.5. The summed E-state index contributed by atoms with van der Waals surface area (Å²) >= 11 is 0. The van der Waals surface area contributed by atoms with Crippen molar-refractivity contribution in [3.63, 3.8) is 0 Å². The van der Waals surface area contributed by atoms with Gasteiger partial charge in [0.2, 0.25) is 24.1 Å². The highest BCUT2D eigenvalue weighted by atomic mass is 16.5. The lowest BCUT2D eigenvalue weighted by Gasteiger charge is -2.32. The molecule has 0 heterocycles. The molecule has 462 valence electrons. The van der Waals surface area contributed by atoms with Gasteiger partial charge in [0.05, 0.1) is 31.3 Å². The molecule has 0 bridgehead atoms. The maximum absolute atomic E-state index is 13.0. The van der Waals surface area contributed by atoms with E-state index in [0.717, 1.165) is 55.4 Å². The maximum atomic E-state index is 13.0. The first-order valence-electron chi connectivity index (χ1n) is 28.9. The van der Waals surface area contributed by atoms with Crippen molar-refractivity contribution in [1.29, 1.82) is 0 Å². The predicted octanol–water partition coefficient (Wildman–Crippen LogP) is 6.46. The van der Waals surface area contributed by atoms with Gasteiger partial charge in [0, 0.05) is 52.9 Å².